The lowest BCUT2D eigenvalue weighted by molar-refractivity contribution is -0.122. The Morgan fingerprint density at radius 1 is 1.21 bits per heavy atom. The van der Waals surface area contributed by atoms with E-state index in [1.807, 2.05) is 14.1 Å². The molecule has 1 aromatic heterocycles. The van der Waals surface area contributed by atoms with Crippen molar-refractivity contribution in [1.82, 2.24) is 20.0 Å². The number of aromatic nitrogens is 2. The van der Waals surface area contributed by atoms with Crippen LogP contribution in [0.2, 0.25) is 0 Å². The average Bonchev–Trinajstić information content (AvgIpc) is 2.95. The van der Waals surface area contributed by atoms with E-state index >= 15 is 0 Å². The van der Waals surface area contributed by atoms with Gasteiger partial charge in [-0.25, -0.2) is 0 Å². The summed E-state index contributed by atoms with van der Waals surface area (Å²) in [6.07, 6.45) is 7.96. The number of thioether (sulfide) groups is 1. The Bertz CT molecular complexity index is 612. The first kappa shape index (κ1) is 22.9. The molecule has 28 heavy (non-hydrogen) atoms. The molecular formula is C20H34N4O3S. The summed E-state index contributed by atoms with van der Waals surface area (Å²) in [6, 6.07) is -0.426. The number of rotatable bonds is 11. The summed E-state index contributed by atoms with van der Waals surface area (Å²) >= 11 is 1.44. The number of amides is 1. The lowest BCUT2D eigenvalue weighted by Gasteiger charge is -2.34. The molecule has 0 radical (unpaired) electrons. The summed E-state index contributed by atoms with van der Waals surface area (Å²) in [4.78, 5) is 29.0. The number of hydrogen-bond donors (Lipinski definition) is 0. The van der Waals surface area contributed by atoms with Crippen molar-refractivity contribution in [3.63, 3.8) is 0 Å². The zero-order valence-corrected chi connectivity index (χ0v) is 18.4. The summed E-state index contributed by atoms with van der Waals surface area (Å²) in [6.45, 7) is 5.01. The van der Waals surface area contributed by atoms with Crippen molar-refractivity contribution >= 4 is 24.0 Å². The van der Waals surface area contributed by atoms with Crippen LogP contribution in [0.15, 0.2) is 9.64 Å². The maximum atomic E-state index is 13.2. The van der Waals surface area contributed by atoms with Crippen LogP contribution in [-0.2, 0) is 4.79 Å². The van der Waals surface area contributed by atoms with Crippen LogP contribution in [0.4, 0.5) is 0 Å². The highest BCUT2D eigenvalue weighted by atomic mass is 32.2. The zero-order chi connectivity index (χ0) is 20.5. The quantitative estimate of drug-likeness (QED) is 0.239. The van der Waals surface area contributed by atoms with Crippen LogP contribution in [0, 0.1) is 5.92 Å². The monoisotopic (exact) mass is 410 g/mol. The van der Waals surface area contributed by atoms with E-state index < -0.39 is 6.04 Å². The van der Waals surface area contributed by atoms with Crippen molar-refractivity contribution in [2.45, 2.75) is 76.1 Å². The molecule has 0 N–H and O–H groups in total. The summed E-state index contributed by atoms with van der Waals surface area (Å²) in [5, 5.41) is 8.39. The van der Waals surface area contributed by atoms with Crippen LogP contribution < -0.4 is 0 Å². The highest BCUT2D eigenvalue weighted by Crippen LogP contribution is 2.26. The molecule has 7 nitrogen and oxygen atoms in total. The van der Waals surface area contributed by atoms with Gasteiger partial charge in [0.1, 0.15) is 6.04 Å². The molecule has 1 fully saturated rings. The molecule has 0 aromatic carbocycles. The number of hydrogen-bond acceptors (Lipinski definition) is 7. The van der Waals surface area contributed by atoms with Crippen molar-refractivity contribution in [2.24, 2.45) is 5.92 Å². The second-order valence-electron chi connectivity index (χ2n) is 8.23. The van der Waals surface area contributed by atoms with Gasteiger partial charge in [-0.2, -0.15) is 0 Å². The standard InChI is InChI=1S/C20H34N4O3S/c1-15(2)13-17(24(14-25)16-9-7-5-6-8-10-16)18(26)19-21-22-20(27-19)28-12-11-23(3)4/h14-17H,5-13H2,1-4H3. The van der Waals surface area contributed by atoms with Crippen LogP contribution >= 0.6 is 11.8 Å². The Morgan fingerprint density at radius 3 is 2.46 bits per heavy atom. The van der Waals surface area contributed by atoms with Crippen LogP contribution in [0.3, 0.4) is 0 Å². The highest BCUT2D eigenvalue weighted by Gasteiger charge is 2.34. The van der Waals surface area contributed by atoms with Gasteiger partial charge in [0.2, 0.25) is 12.2 Å². The van der Waals surface area contributed by atoms with Crippen molar-refractivity contribution < 1.29 is 14.0 Å². The number of nitrogens with zero attached hydrogens (tertiary/aromatic N) is 4. The smallest absolute Gasteiger partial charge is 0.286 e. The lowest BCUT2D eigenvalue weighted by atomic mass is 9.95. The van der Waals surface area contributed by atoms with Gasteiger partial charge >= 0.3 is 0 Å². The van der Waals surface area contributed by atoms with Crippen molar-refractivity contribution in [3.05, 3.63) is 5.89 Å². The van der Waals surface area contributed by atoms with Gasteiger partial charge in [0.05, 0.1) is 0 Å². The molecule has 1 amide bonds. The predicted octanol–water partition coefficient (Wildman–Crippen LogP) is 3.50. The minimum atomic E-state index is -0.541. The first-order valence-electron chi connectivity index (χ1n) is 10.3. The van der Waals surface area contributed by atoms with Crippen LogP contribution in [0.25, 0.3) is 0 Å². The topological polar surface area (TPSA) is 79.5 Å². The summed E-state index contributed by atoms with van der Waals surface area (Å²) in [5.41, 5.74) is 0. The number of carbonyl (C=O) groups excluding carboxylic acids is 2. The van der Waals surface area contributed by atoms with Gasteiger partial charge < -0.3 is 14.2 Å². The third-order valence-corrected chi connectivity index (χ3v) is 5.91. The fraction of sp³-hybridized carbons (Fsp3) is 0.800. The number of carbonyl (C=O) groups is 2. The molecule has 1 aliphatic carbocycles. The van der Waals surface area contributed by atoms with Gasteiger partial charge in [0, 0.05) is 18.3 Å². The Labute approximate surface area is 172 Å². The van der Waals surface area contributed by atoms with Gasteiger partial charge in [-0.1, -0.05) is 51.3 Å². The largest absolute Gasteiger partial charge is 0.408 e. The molecule has 1 atom stereocenters. The van der Waals surface area contributed by atoms with Gasteiger partial charge in [-0.05, 0) is 39.3 Å². The normalized spacial score (nSPS) is 16.9. The molecule has 0 saturated heterocycles. The Kier molecular flexibility index (Phi) is 9.44. The van der Waals surface area contributed by atoms with E-state index in [1.54, 1.807) is 4.90 Å². The molecule has 0 bridgehead atoms. The summed E-state index contributed by atoms with van der Waals surface area (Å²) in [7, 11) is 4.00. The molecule has 1 aromatic rings. The molecule has 0 spiro atoms. The number of Topliss-reactive ketones (excluding diaryl/α,β-unsaturated/α-hetero) is 1. The third kappa shape index (κ3) is 6.88. The van der Waals surface area contributed by atoms with Gasteiger partial charge in [0.15, 0.2) is 0 Å². The minimum absolute atomic E-state index is 0.0125. The molecule has 8 heteroatoms. The van der Waals surface area contributed by atoms with Gasteiger partial charge in [-0.15, -0.1) is 10.2 Å². The predicted molar refractivity (Wildman–Crippen MR) is 111 cm³/mol. The Morgan fingerprint density at radius 2 is 1.89 bits per heavy atom. The van der Waals surface area contributed by atoms with Crippen LogP contribution in [-0.4, -0.2) is 70.7 Å². The Hall–Kier alpha value is -1.41. The maximum absolute atomic E-state index is 13.2. The molecule has 1 saturated carbocycles. The second kappa shape index (κ2) is 11.6. The highest BCUT2D eigenvalue weighted by molar-refractivity contribution is 7.99. The molecule has 1 heterocycles. The van der Waals surface area contributed by atoms with E-state index in [9.17, 15) is 9.59 Å². The molecule has 1 aliphatic rings. The SMILES string of the molecule is CC(C)CC(C(=O)c1nnc(SCCN(C)C)o1)N(C=O)C1CCCCCC1. The van der Waals surface area contributed by atoms with E-state index in [4.69, 9.17) is 4.42 Å². The second-order valence-corrected chi connectivity index (χ2v) is 9.28. The third-order valence-electron chi connectivity index (χ3n) is 5.11. The van der Waals surface area contributed by atoms with Gasteiger partial charge in [-0.3, -0.25) is 9.59 Å². The molecule has 0 aliphatic heterocycles. The molecule has 1 unspecified atom stereocenters. The minimum Gasteiger partial charge on any atom is -0.408 e. The number of ketones is 1. The van der Waals surface area contributed by atoms with E-state index in [1.165, 1.54) is 24.6 Å². The lowest BCUT2D eigenvalue weighted by Crippen LogP contribution is -2.47. The van der Waals surface area contributed by atoms with Crippen molar-refractivity contribution in [1.29, 1.82) is 0 Å². The fourth-order valence-corrected chi connectivity index (χ4v) is 4.47. The summed E-state index contributed by atoms with van der Waals surface area (Å²) < 4.78 is 5.63. The van der Waals surface area contributed by atoms with Crippen molar-refractivity contribution in [2.75, 3.05) is 26.4 Å². The van der Waals surface area contributed by atoms with Gasteiger partial charge in [0.25, 0.3) is 11.1 Å². The van der Waals surface area contributed by atoms with Crippen LogP contribution in [0.5, 0.6) is 0 Å². The first-order valence-corrected chi connectivity index (χ1v) is 11.3. The fourth-order valence-electron chi connectivity index (χ4n) is 3.61. The zero-order valence-electron chi connectivity index (χ0n) is 17.6. The van der Waals surface area contributed by atoms with E-state index in [0.717, 1.165) is 44.4 Å². The average molecular weight is 411 g/mol. The van der Waals surface area contributed by atoms with Crippen LogP contribution in [0.1, 0.15) is 69.5 Å². The summed E-state index contributed by atoms with van der Waals surface area (Å²) in [5.74, 6) is 0.857. The van der Waals surface area contributed by atoms with Crippen molar-refractivity contribution in [3.8, 4) is 0 Å². The van der Waals surface area contributed by atoms with E-state index in [0.29, 0.717) is 11.6 Å². The van der Waals surface area contributed by atoms with E-state index in [-0.39, 0.29) is 23.6 Å². The molecule has 158 valence electrons. The Balaban J connectivity index is 2.13. The molecule has 2 rings (SSSR count). The maximum Gasteiger partial charge on any atom is 0.286 e. The van der Waals surface area contributed by atoms with E-state index in [2.05, 4.69) is 28.9 Å². The molecular weight excluding hydrogens is 376 g/mol. The first-order chi connectivity index (χ1) is 13.4.